The zero-order valence-electron chi connectivity index (χ0n) is 16.6. The molecule has 2 aromatic carbocycles. The molecule has 0 saturated carbocycles. The first-order valence-corrected chi connectivity index (χ1v) is 9.56. The van der Waals surface area contributed by atoms with Gasteiger partial charge in [-0.15, -0.1) is 0 Å². The molecular weight excluding hydrogens is 368 g/mol. The summed E-state index contributed by atoms with van der Waals surface area (Å²) in [5.74, 6) is 2.94. The minimum atomic E-state index is 0.281. The zero-order chi connectivity index (χ0) is 20.1. The van der Waals surface area contributed by atoms with Crippen LogP contribution in [0.3, 0.4) is 0 Å². The average molecular weight is 392 g/mol. The monoisotopic (exact) mass is 392 g/mol. The summed E-state index contributed by atoms with van der Waals surface area (Å²) in [6.07, 6.45) is 2.44. The van der Waals surface area contributed by atoms with Gasteiger partial charge < -0.3 is 24.5 Å². The lowest BCUT2D eigenvalue weighted by atomic mass is 10.1. The number of oxazole rings is 1. The highest BCUT2D eigenvalue weighted by Crippen LogP contribution is 2.32. The Morgan fingerprint density at radius 1 is 1.07 bits per heavy atom. The Kier molecular flexibility index (Phi) is 5.65. The maximum atomic E-state index is 5.61. The molecule has 2 N–H and O–H groups in total. The van der Waals surface area contributed by atoms with Crippen molar-refractivity contribution in [3.05, 3.63) is 65.5 Å². The zero-order valence-corrected chi connectivity index (χ0v) is 16.6. The van der Waals surface area contributed by atoms with Crippen LogP contribution in [-0.4, -0.2) is 31.3 Å². The average Bonchev–Trinajstić information content (AvgIpc) is 3.40. The molecule has 150 valence electrons. The van der Waals surface area contributed by atoms with Crippen molar-refractivity contribution in [1.82, 2.24) is 15.6 Å². The molecule has 1 aliphatic rings. The molecule has 29 heavy (non-hydrogen) atoms. The van der Waals surface area contributed by atoms with E-state index < -0.39 is 0 Å². The first-order chi connectivity index (χ1) is 14.2. The third-order valence-corrected chi connectivity index (χ3v) is 4.64. The van der Waals surface area contributed by atoms with Crippen LogP contribution in [0.1, 0.15) is 16.8 Å². The predicted octanol–water partition coefficient (Wildman–Crippen LogP) is 3.29. The fourth-order valence-corrected chi connectivity index (χ4v) is 3.02. The summed E-state index contributed by atoms with van der Waals surface area (Å²) in [7, 11) is 1.75. The molecule has 0 saturated heterocycles. The molecule has 0 bridgehead atoms. The molecule has 0 atom stereocenters. The van der Waals surface area contributed by atoms with Gasteiger partial charge in [-0.3, -0.25) is 4.99 Å². The van der Waals surface area contributed by atoms with Crippen LogP contribution in [0.15, 0.2) is 58.1 Å². The van der Waals surface area contributed by atoms with Crippen LogP contribution >= 0.6 is 0 Å². The Hall–Kier alpha value is -3.48. The highest BCUT2D eigenvalue weighted by Gasteiger charge is 2.13. The largest absolute Gasteiger partial charge is 0.454 e. The molecular formula is C22H24N4O3. The molecule has 0 unspecified atom stereocenters. The number of benzene rings is 2. The van der Waals surface area contributed by atoms with Crippen molar-refractivity contribution in [3.8, 4) is 23.0 Å². The molecule has 1 aromatic heterocycles. The van der Waals surface area contributed by atoms with E-state index in [0.717, 1.165) is 40.7 Å². The van der Waals surface area contributed by atoms with Gasteiger partial charge in [0.05, 0.1) is 5.69 Å². The summed E-state index contributed by atoms with van der Waals surface area (Å²) in [4.78, 5) is 8.83. The number of hydrogen-bond donors (Lipinski definition) is 2. The molecule has 7 heteroatoms. The van der Waals surface area contributed by atoms with Gasteiger partial charge in [-0.2, -0.15) is 0 Å². The quantitative estimate of drug-likeness (QED) is 0.495. The molecule has 1 aliphatic heterocycles. The third kappa shape index (κ3) is 4.68. The smallest absolute Gasteiger partial charge is 0.231 e. The number of ether oxygens (including phenoxy) is 2. The number of aliphatic imine (C=N–C) groups is 1. The van der Waals surface area contributed by atoms with E-state index in [0.29, 0.717) is 19.0 Å². The first-order valence-electron chi connectivity index (χ1n) is 9.56. The second-order valence-corrected chi connectivity index (χ2v) is 6.80. The molecule has 0 fully saturated rings. The van der Waals surface area contributed by atoms with Crippen LogP contribution in [0.5, 0.6) is 11.5 Å². The van der Waals surface area contributed by atoms with Crippen molar-refractivity contribution in [2.24, 2.45) is 4.99 Å². The summed E-state index contributed by atoms with van der Waals surface area (Å²) >= 11 is 0. The van der Waals surface area contributed by atoms with E-state index in [9.17, 15) is 0 Å². The lowest BCUT2D eigenvalue weighted by Gasteiger charge is -2.11. The van der Waals surface area contributed by atoms with Crippen LogP contribution in [0.4, 0.5) is 0 Å². The van der Waals surface area contributed by atoms with E-state index in [-0.39, 0.29) is 6.79 Å². The van der Waals surface area contributed by atoms with Gasteiger partial charge in [0.2, 0.25) is 12.7 Å². The molecule has 7 nitrogen and oxygen atoms in total. The standard InChI is InChI=1S/C22H24N4O3/c1-15-3-6-17(7-4-15)21-26-18(13-27-21)9-10-24-22(23-2)25-12-16-5-8-19-20(11-16)29-14-28-19/h3-8,11,13H,9-10,12,14H2,1-2H3,(H2,23,24,25). The summed E-state index contributed by atoms with van der Waals surface area (Å²) in [5, 5.41) is 6.60. The number of fused-ring (bicyclic) bond motifs is 1. The number of nitrogens with one attached hydrogen (secondary N) is 2. The van der Waals surface area contributed by atoms with Crippen LogP contribution in [0.2, 0.25) is 0 Å². The van der Waals surface area contributed by atoms with E-state index in [1.807, 2.05) is 30.3 Å². The molecule has 0 radical (unpaired) electrons. The van der Waals surface area contributed by atoms with Crippen LogP contribution in [-0.2, 0) is 13.0 Å². The topological polar surface area (TPSA) is 80.9 Å². The summed E-state index contributed by atoms with van der Waals surface area (Å²) in [6.45, 7) is 3.67. The number of aromatic nitrogens is 1. The van der Waals surface area contributed by atoms with Crippen molar-refractivity contribution >= 4 is 5.96 Å². The van der Waals surface area contributed by atoms with E-state index in [1.54, 1.807) is 13.3 Å². The Balaban J connectivity index is 1.25. The summed E-state index contributed by atoms with van der Waals surface area (Å²) in [6, 6.07) is 14.1. The molecule has 0 aliphatic carbocycles. The molecule has 0 spiro atoms. The van der Waals surface area contributed by atoms with Crippen molar-refractivity contribution in [2.75, 3.05) is 20.4 Å². The Labute approximate surface area is 169 Å². The number of aryl methyl sites for hydroxylation is 1. The molecule has 2 heterocycles. The van der Waals surface area contributed by atoms with Crippen molar-refractivity contribution in [1.29, 1.82) is 0 Å². The number of rotatable bonds is 6. The lowest BCUT2D eigenvalue weighted by molar-refractivity contribution is 0.174. The molecule has 0 amide bonds. The maximum absolute atomic E-state index is 5.61. The van der Waals surface area contributed by atoms with Gasteiger partial charge in [0.15, 0.2) is 17.5 Å². The summed E-state index contributed by atoms with van der Waals surface area (Å²) < 4.78 is 16.4. The van der Waals surface area contributed by atoms with Crippen molar-refractivity contribution < 1.29 is 13.9 Å². The minimum Gasteiger partial charge on any atom is -0.454 e. The Bertz CT molecular complexity index is 996. The number of guanidine groups is 1. The minimum absolute atomic E-state index is 0.281. The van der Waals surface area contributed by atoms with Crippen LogP contribution in [0, 0.1) is 6.92 Å². The lowest BCUT2D eigenvalue weighted by Crippen LogP contribution is -2.37. The molecule has 4 rings (SSSR count). The first kappa shape index (κ1) is 18.9. The number of hydrogen-bond acceptors (Lipinski definition) is 5. The Morgan fingerprint density at radius 2 is 1.90 bits per heavy atom. The molecule has 3 aromatic rings. The van der Waals surface area contributed by atoms with Crippen molar-refractivity contribution in [3.63, 3.8) is 0 Å². The highest BCUT2D eigenvalue weighted by atomic mass is 16.7. The van der Waals surface area contributed by atoms with E-state index in [1.165, 1.54) is 5.56 Å². The third-order valence-electron chi connectivity index (χ3n) is 4.64. The predicted molar refractivity (Wildman–Crippen MR) is 111 cm³/mol. The fraction of sp³-hybridized carbons (Fsp3) is 0.273. The van der Waals surface area contributed by atoms with Gasteiger partial charge in [-0.1, -0.05) is 23.8 Å². The van der Waals surface area contributed by atoms with Gasteiger partial charge in [0, 0.05) is 32.1 Å². The van der Waals surface area contributed by atoms with E-state index in [2.05, 4.69) is 39.7 Å². The van der Waals surface area contributed by atoms with Gasteiger partial charge in [0.25, 0.3) is 0 Å². The second-order valence-electron chi connectivity index (χ2n) is 6.80. The Morgan fingerprint density at radius 3 is 2.72 bits per heavy atom. The van der Waals surface area contributed by atoms with Gasteiger partial charge in [0.1, 0.15) is 6.26 Å². The van der Waals surface area contributed by atoms with Crippen molar-refractivity contribution in [2.45, 2.75) is 19.9 Å². The van der Waals surface area contributed by atoms with Gasteiger partial charge in [-0.05, 0) is 36.8 Å². The van der Waals surface area contributed by atoms with Crippen LogP contribution in [0.25, 0.3) is 11.5 Å². The van der Waals surface area contributed by atoms with Gasteiger partial charge in [-0.25, -0.2) is 4.98 Å². The fourth-order valence-electron chi connectivity index (χ4n) is 3.02. The van der Waals surface area contributed by atoms with Gasteiger partial charge >= 0.3 is 0 Å². The highest BCUT2D eigenvalue weighted by molar-refractivity contribution is 5.79. The number of nitrogens with zero attached hydrogens (tertiary/aromatic N) is 2. The summed E-state index contributed by atoms with van der Waals surface area (Å²) in [5.41, 5.74) is 4.19. The van der Waals surface area contributed by atoms with E-state index in [4.69, 9.17) is 13.9 Å². The SMILES string of the molecule is CN=C(NCCc1coc(-c2ccc(C)cc2)n1)NCc1ccc2c(c1)OCO2. The normalized spacial score (nSPS) is 12.8. The second kappa shape index (κ2) is 8.68. The van der Waals surface area contributed by atoms with Crippen LogP contribution < -0.4 is 20.1 Å². The maximum Gasteiger partial charge on any atom is 0.231 e. The van der Waals surface area contributed by atoms with E-state index >= 15 is 0 Å².